The minimum Gasteiger partial charge on any atom is -0.507 e. The highest BCUT2D eigenvalue weighted by Gasteiger charge is 2.25. The van der Waals surface area contributed by atoms with Crippen LogP contribution in [-0.4, -0.2) is 10.9 Å². The van der Waals surface area contributed by atoms with Crippen LogP contribution in [0.3, 0.4) is 0 Å². The second-order valence-corrected chi connectivity index (χ2v) is 4.03. The molecule has 1 aromatic rings. The summed E-state index contributed by atoms with van der Waals surface area (Å²) in [6.07, 6.45) is 1.22. The Bertz CT molecular complexity index is 471. The number of rotatable bonds is 0. The first-order valence-corrected chi connectivity index (χ1v) is 4.91. The van der Waals surface area contributed by atoms with Crippen molar-refractivity contribution < 1.29 is 9.90 Å². The van der Waals surface area contributed by atoms with Crippen LogP contribution in [0, 0.1) is 17.2 Å². The quantitative estimate of drug-likeness (QED) is 0.698. The highest BCUT2D eigenvalue weighted by Crippen LogP contribution is 2.31. The smallest absolute Gasteiger partial charge is 0.163 e. The summed E-state index contributed by atoms with van der Waals surface area (Å²) in [5.41, 5.74) is 1.57. The average molecular weight is 201 g/mol. The molecule has 0 heterocycles. The molecule has 0 amide bonds. The standard InChI is InChI=1S/C12H11NO2/c1-7-4-9-8(12(15)5-7)2-3-11(14)10(9)6-13/h2-3,7,14H,4-5H2,1H3/t7-/m0/s1. The lowest BCUT2D eigenvalue weighted by Crippen LogP contribution is -2.19. The summed E-state index contributed by atoms with van der Waals surface area (Å²) in [4.78, 5) is 11.7. The van der Waals surface area contributed by atoms with Gasteiger partial charge in [-0.2, -0.15) is 5.26 Å². The van der Waals surface area contributed by atoms with E-state index < -0.39 is 0 Å². The topological polar surface area (TPSA) is 61.1 Å². The minimum absolute atomic E-state index is 0.0295. The zero-order valence-corrected chi connectivity index (χ0v) is 8.45. The second-order valence-electron chi connectivity index (χ2n) is 4.03. The van der Waals surface area contributed by atoms with Crippen LogP contribution in [0.5, 0.6) is 5.75 Å². The molecule has 1 aliphatic rings. The molecule has 0 aliphatic heterocycles. The van der Waals surface area contributed by atoms with Crippen molar-refractivity contribution in [1.29, 1.82) is 5.26 Å². The Morgan fingerprint density at radius 1 is 1.47 bits per heavy atom. The monoisotopic (exact) mass is 201 g/mol. The van der Waals surface area contributed by atoms with E-state index in [4.69, 9.17) is 5.26 Å². The molecule has 3 nitrogen and oxygen atoms in total. The fraction of sp³-hybridized carbons (Fsp3) is 0.333. The van der Waals surface area contributed by atoms with Gasteiger partial charge in [-0.1, -0.05) is 6.92 Å². The van der Waals surface area contributed by atoms with Crippen molar-refractivity contribution >= 4 is 5.78 Å². The molecule has 15 heavy (non-hydrogen) atoms. The van der Waals surface area contributed by atoms with Gasteiger partial charge < -0.3 is 5.11 Å². The van der Waals surface area contributed by atoms with Crippen molar-refractivity contribution in [2.45, 2.75) is 19.8 Å². The van der Waals surface area contributed by atoms with Crippen molar-refractivity contribution in [2.75, 3.05) is 0 Å². The van der Waals surface area contributed by atoms with Crippen LogP contribution >= 0.6 is 0 Å². The van der Waals surface area contributed by atoms with Crippen LogP contribution in [-0.2, 0) is 6.42 Å². The zero-order chi connectivity index (χ0) is 11.0. The molecule has 0 spiro atoms. The minimum atomic E-state index is -0.0295. The summed E-state index contributed by atoms with van der Waals surface area (Å²) < 4.78 is 0. The first kappa shape index (κ1) is 9.72. The van der Waals surface area contributed by atoms with E-state index in [-0.39, 0.29) is 23.0 Å². The normalized spacial score (nSPS) is 19.5. The van der Waals surface area contributed by atoms with E-state index in [1.807, 2.05) is 13.0 Å². The summed E-state index contributed by atoms with van der Waals surface area (Å²) in [7, 11) is 0. The van der Waals surface area contributed by atoms with E-state index in [1.54, 1.807) is 6.07 Å². The van der Waals surface area contributed by atoms with Gasteiger partial charge in [-0.25, -0.2) is 0 Å². The average Bonchev–Trinajstić information content (AvgIpc) is 2.17. The fourth-order valence-electron chi connectivity index (χ4n) is 2.08. The van der Waals surface area contributed by atoms with Crippen molar-refractivity contribution in [1.82, 2.24) is 0 Å². The molecule has 76 valence electrons. The Hall–Kier alpha value is -1.82. The molecule has 2 rings (SSSR count). The number of hydrogen-bond donors (Lipinski definition) is 1. The van der Waals surface area contributed by atoms with E-state index in [2.05, 4.69) is 0 Å². The number of carbonyl (C=O) groups is 1. The van der Waals surface area contributed by atoms with Crippen molar-refractivity contribution in [3.8, 4) is 11.8 Å². The Labute approximate surface area is 88.0 Å². The predicted molar refractivity (Wildman–Crippen MR) is 54.6 cm³/mol. The molecule has 0 fully saturated rings. The first-order valence-electron chi connectivity index (χ1n) is 4.91. The molecular weight excluding hydrogens is 190 g/mol. The lowest BCUT2D eigenvalue weighted by Gasteiger charge is -2.21. The second kappa shape index (κ2) is 3.39. The third-order valence-corrected chi connectivity index (χ3v) is 2.79. The van der Waals surface area contributed by atoms with E-state index in [1.165, 1.54) is 6.07 Å². The number of phenolic OH excluding ortho intramolecular Hbond substituents is 1. The molecule has 1 aromatic carbocycles. The molecule has 1 aliphatic carbocycles. The Balaban J connectivity index is 2.66. The number of Topliss-reactive ketones (excluding diaryl/α,β-unsaturated/α-hetero) is 1. The maximum atomic E-state index is 11.7. The number of nitrogens with zero attached hydrogens (tertiary/aromatic N) is 1. The zero-order valence-electron chi connectivity index (χ0n) is 8.45. The van der Waals surface area contributed by atoms with Crippen LogP contribution in [0.25, 0.3) is 0 Å². The van der Waals surface area contributed by atoms with E-state index in [0.29, 0.717) is 24.0 Å². The highest BCUT2D eigenvalue weighted by molar-refractivity contribution is 5.99. The number of carbonyl (C=O) groups excluding carboxylic acids is 1. The van der Waals surface area contributed by atoms with Crippen LogP contribution in [0.15, 0.2) is 12.1 Å². The van der Waals surface area contributed by atoms with Crippen LogP contribution in [0.4, 0.5) is 0 Å². The maximum Gasteiger partial charge on any atom is 0.163 e. The molecular formula is C12H11NO2. The first-order chi connectivity index (χ1) is 7.13. The largest absolute Gasteiger partial charge is 0.507 e. The van der Waals surface area contributed by atoms with Gasteiger partial charge in [0.2, 0.25) is 0 Å². The molecule has 0 saturated carbocycles. The molecule has 1 N–H and O–H groups in total. The summed E-state index contributed by atoms with van der Waals surface area (Å²) in [5, 5.41) is 18.4. The van der Waals surface area contributed by atoms with Crippen LogP contribution < -0.4 is 0 Å². The molecule has 0 bridgehead atoms. The van der Waals surface area contributed by atoms with E-state index in [0.717, 1.165) is 0 Å². The van der Waals surface area contributed by atoms with Gasteiger partial charge in [0.15, 0.2) is 5.78 Å². The maximum absolute atomic E-state index is 11.7. The number of nitriles is 1. The van der Waals surface area contributed by atoms with Gasteiger partial charge >= 0.3 is 0 Å². The number of fused-ring (bicyclic) bond motifs is 1. The highest BCUT2D eigenvalue weighted by atomic mass is 16.3. The molecule has 0 saturated heterocycles. The molecule has 0 aromatic heterocycles. The van der Waals surface area contributed by atoms with Gasteiger partial charge in [0.25, 0.3) is 0 Å². The lowest BCUT2D eigenvalue weighted by molar-refractivity contribution is 0.0953. The molecule has 0 radical (unpaired) electrons. The predicted octanol–water partition coefficient (Wildman–Crippen LogP) is 2.03. The number of benzene rings is 1. The number of aromatic hydroxyl groups is 1. The molecule has 1 atom stereocenters. The number of hydrogen-bond acceptors (Lipinski definition) is 3. The Morgan fingerprint density at radius 3 is 2.87 bits per heavy atom. The van der Waals surface area contributed by atoms with Crippen molar-refractivity contribution in [2.24, 2.45) is 5.92 Å². The van der Waals surface area contributed by atoms with Crippen LogP contribution in [0.2, 0.25) is 0 Å². The van der Waals surface area contributed by atoms with Crippen LogP contribution in [0.1, 0.15) is 34.8 Å². The Kier molecular flexibility index (Phi) is 2.20. The van der Waals surface area contributed by atoms with Gasteiger partial charge in [0.05, 0.1) is 5.56 Å². The summed E-state index contributed by atoms with van der Waals surface area (Å²) in [6.45, 7) is 1.98. The van der Waals surface area contributed by atoms with Crippen molar-refractivity contribution in [3.05, 3.63) is 28.8 Å². The summed E-state index contributed by atoms with van der Waals surface area (Å²) in [6, 6.07) is 5.00. The van der Waals surface area contributed by atoms with Gasteiger partial charge in [0, 0.05) is 12.0 Å². The molecule has 0 unspecified atom stereocenters. The third kappa shape index (κ3) is 1.48. The van der Waals surface area contributed by atoms with Crippen molar-refractivity contribution in [3.63, 3.8) is 0 Å². The Morgan fingerprint density at radius 2 is 2.20 bits per heavy atom. The number of ketones is 1. The fourth-order valence-corrected chi connectivity index (χ4v) is 2.08. The lowest BCUT2D eigenvalue weighted by atomic mass is 9.82. The van der Waals surface area contributed by atoms with E-state index >= 15 is 0 Å². The van der Waals surface area contributed by atoms with Gasteiger partial charge in [-0.15, -0.1) is 0 Å². The summed E-state index contributed by atoms with van der Waals surface area (Å²) >= 11 is 0. The van der Waals surface area contributed by atoms with Gasteiger partial charge in [-0.3, -0.25) is 4.79 Å². The molecule has 3 heteroatoms. The SMILES string of the molecule is C[C@@H]1CC(=O)c2ccc(O)c(C#N)c2C1. The number of phenols is 1. The van der Waals surface area contributed by atoms with Gasteiger partial charge in [-0.05, 0) is 30.0 Å². The van der Waals surface area contributed by atoms with E-state index in [9.17, 15) is 9.90 Å². The summed E-state index contributed by atoms with van der Waals surface area (Å²) in [5.74, 6) is 0.289. The third-order valence-electron chi connectivity index (χ3n) is 2.79. The van der Waals surface area contributed by atoms with Gasteiger partial charge in [0.1, 0.15) is 11.8 Å².